The molecule has 24 heavy (non-hydrogen) atoms. The zero-order valence-electron chi connectivity index (χ0n) is 13.1. The van der Waals surface area contributed by atoms with E-state index in [-0.39, 0.29) is 5.91 Å². The van der Waals surface area contributed by atoms with Crippen molar-refractivity contribution in [2.45, 2.75) is 23.5 Å². The number of thiazole rings is 1. The fraction of sp³-hybridized carbons (Fsp3) is 0.158. The van der Waals surface area contributed by atoms with Crippen LogP contribution in [0.15, 0.2) is 70.9 Å². The molecule has 1 heterocycles. The summed E-state index contributed by atoms with van der Waals surface area (Å²) in [7, 11) is 0. The molecule has 3 aromatic rings. The van der Waals surface area contributed by atoms with E-state index in [0.717, 1.165) is 17.9 Å². The molecule has 1 amide bonds. The van der Waals surface area contributed by atoms with Crippen molar-refractivity contribution < 1.29 is 4.79 Å². The van der Waals surface area contributed by atoms with Gasteiger partial charge in [0.25, 0.3) is 0 Å². The number of anilines is 1. The lowest BCUT2D eigenvalue weighted by Crippen LogP contribution is -2.12. The van der Waals surface area contributed by atoms with E-state index in [0.29, 0.717) is 11.6 Å². The molecule has 0 atom stereocenters. The Kier molecular flexibility index (Phi) is 6.04. The molecule has 2 aromatic carbocycles. The Morgan fingerprint density at radius 3 is 2.50 bits per heavy atom. The van der Waals surface area contributed by atoms with Gasteiger partial charge < -0.3 is 5.32 Å². The summed E-state index contributed by atoms with van der Waals surface area (Å²) < 4.78 is 0. The minimum atomic E-state index is 0.00969. The quantitative estimate of drug-likeness (QED) is 0.607. The third-order valence-electron chi connectivity index (χ3n) is 3.41. The molecule has 0 aliphatic carbocycles. The lowest BCUT2D eigenvalue weighted by Gasteiger charge is -2.02. The highest BCUT2D eigenvalue weighted by molar-refractivity contribution is 7.98. The summed E-state index contributed by atoms with van der Waals surface area (Å²) >= 11 is 3.22. The van der Waals surface area contributed by atoms with Crippen LogP contribution >= 0.6 is 23.1 Å². The number of aryl methyl sites for hydroxylation is 1. The van der Waals surface area contributed by atoms with E-state index in [9.17, 15) is 4.79 Å². The molecule has 5 heteroatoms. The Morgan fingerprint density at radius 1 is 1.04 bits per heavy atom. The van der Waals surface area contributed by atoms with Crippen LogP contribution in [0.2, 0.25) is 0 Å². The Balaban J connectivity index is 1.46. The summed E-state index contributed by atoms with van der Waals surface area (Å²) in [5.74, 6) is 0.816. The molecule has 0 fully saturated rings. The first-order valence-electron chi connectivity index (χ1n) is 7.75. The maximum atomic E-state index is 12.0. The Bertz CT molecular complexity index is 772. The van der Waals surface area contributed by atoms with Gasteiger partial charge in [-0.15, -0.1) is 23.1 Å². The predicted molar refractivity (Wildman–Crippen MR) is 102 cm³/mol. The van der Waals surface area contributed by atoms with Gasteiger partial charge >= 0.3 is 0 Å². The Labute approximate surface area is 150 Å². The van der Waals surface area contributed by atoms with Crippen LogP contribution in [0.3, 0.4) is 0 Å². The van der Waals surface area contributed by atoms with Crippen LogP contribution in [-0.2, 0) is 17.0 Å². The number of carbonyl (C=O) groups is 1. The second-order valence-electron chi connectivity index (χ2n) is 5.28. The molecular weight excluding hydrogens is 336 g/mol. The summed E-state index contributed by atoms with van der Waals surface area (Å²) in [6.07, 6.45) is 1.21. The van der Waals surface area contributed by atoms with Crippen molar-refractivity contribution in [3.05, 3.63) is 77.3 Å². The summed E-state index contributed by atoms with van der Waals surface area (Å²) in [5.41, 5.74) is 2.17. The van der Waals surface area contributed by atoms with Crippen LogP contribution in [0.1, 0.15) is 17.7 Å². The SMILES string of the molecule is O=C(CCc1ccccc1)Nc1nc(CSc2ccccc2)cs1. The molecular formula is C19H18N2OS2. The third-order valence-corrected chi connectivity index (χ3v) is 5.26. The van der Waals surface area contributed by atoms with Gasteiger partial charge in [0.1, 0.15) is 0 Å². The third kappa shape index (κ3) is 5.22. The van der Waals surface area contributed by atoms with Gasteiger partial charge in [-0.3, -0.25) is 4.79 Å². The molecule has 0 spiro atoms. The largest absolute Gasteiger partial charge is 0.302 e. The highest BCUT2D eigenvalue weighted by atomic mass is 32.2. The van der Waals surface area contributed by atoms with Crippen LogP contribution in [-0.4, -0.2) is 10.9 Å². The van der Waals surface area contributed by atoms with Gasteiger partial charge in [0, 0.05) is 22.4 Å². The number of benzene rings is 2. The standard InChI is InChI=1S/C19H18N2OS2/c22-18(12-11-15-7-3-1-4-8-15)21-19-20-16(14-24-19)13-23-17-9-5-2-6-10-17/h1-10,14H,11-13H2,(H,20,21,22). The number of nitrogens with zero attached hydrogens (tertiary/aromatic N) is 1. The summed E-state index contributed by atoms with van der Waals surface area (Å²) in [5, 5.41) is 5.57. The number of nitrogens with one attached hydrogen (secondary N) is 1. The number of carbonyl (C=O) groups excluding carboxylic acids is 1. The average Bonchev–Trinajstić information content (AvgIpc) is 3.07. The molecule has 0 aliphatic rings. The van der Waals surface area contributed by atoms with Gasteiger partial charge in [0.2, 0.25) is 5.91 Å². The molecule has 0 saturated carbocycles. The van der Waals surface area contributed by atoms with Crippen LogP contribution in [0, 0.1) is 0 Å². The van der Waals surface area contributed by atoms with Crippen molar-refractivity contribution >= 4 is 34.1 Å². The van der Waals surface area contributed by atoms with Crippen molar-refractivity contribution in [1.29, 1.82) is 0 Å². The second-order valence-corrected chi connectivity index (χ2v) is 7.19. The van der Waals surface area contributed by atoms with Crippen LogP contribution < -0.4 is 5.32 Å². The molecule has 1 aromatic heterocycles. The first-order chi connectivity index (χ1) is 11.8. The van der Waals surface area contributed by atoms with E-state index >= 15 is 0 Å². The molecule has 3 rings (SSSR count). The molecule has 0 radical (unpaired) electrons. The highest BCUT2D eigenvalue weighted by Gasteiger charge is 2.07. The van der Waals surface area contributed by atoms with Gasteiger partial charge in [-0.1, -0.05) is 48.5 Å². The van der Waals surface area contributed by atoms with Crippen LogP contribution in [0.25, 0.3) is 0 Å². The maximum Gasteiger partial charge on any atom is 0.226 e. The number of hydrogen-bond acceptors (Lipinski definition) is 4. The Morgan fingerprint density at radius 2 is 1.75 bits per heavy atom. The zero-order chi connectivity index (χ0) is 16.6. The van der Waals surface area contributed by atoms with E-state index in [1.165, 1.54) is 21.8 Å². The first-order valence-corrected chi connectivity index (χ1v) is 9.62. The molecule has 0 aliphatic heterocycles. The normalized spacial score (nSPS) is 10.5. The lowest BCUT2D eigenvalue weighted by atomic mass is 10.1. The maximum absolute atomic E-state index is 12.0. The van der Waals surface area contributed by atoms with Crippen LogP contribution in [0.5, 0.6) is 0 Å². The molecule has 0 unspecified atom stereocenters. The van der Waals surface area contributed by atoms with Crippen molar-refractivity contribution in [3.8, 4) is 0 Å². The smallest absolute Gasteiger partial charge is 0.226 e. The summed E-state index contributed by atoms with van der Waals surface area (Å²) in [4.78, 5) is 17.7. The lowest BCUT2D eigenvalue weighted by molar-refractivity contribution is -0.116. The van der Waals surface area contributed by atoms with Crippen molar-refractivity contribution in [2.75, 3.05) is 5.32 Å². The molecule has 0 bridgehead atoms. The van der Waals surface area contributed by atoms with Crippen molar-refractivity contribution in [3.63, 3.8) is 0 Å². The monoisotopic (exact) mass is 354 g/mol. The summed E-state index contributed by atoms with van der Waals surface area (Å²) in [6.45, 7) is 0. The van der Waals surface area contributed by atoms with E-state index < -0.39 is 0 Å². The van der Waals surface area contributed by atoms with E-state index in [1.807, 2.05) is 53.9 Å². The van der Waals surface area contributed by atoms with E-state index in [1.54, 1.807) is 11.8 Å². The van der Waals surface area contributed by atoms with Gasteiger partial charge in [0.15, 0.2) is 5.13 Å². The number of thioether (sulfide) groups is 1. The van der Waals surface area contributed by atoms with E-state index in [2.05, 4.69) is 22.4 Å². The van der Waals surface area contributed by atoms with Crippen LogP contribution in [0.4, 0.5) is 5.13 Å². The fourth-order valence-corrected chi connectivity index (χ4v) is 3.83. The van der Waals surface area contributed by atoms with E-state index in [4.69, 9.17) is 0 Å². The minimum absolute atomic E-state index is 0.00969. The highest BCUT2D eigenvalue weighted by Crippen LogP contribution is 2.24. The second kappa shape index (κ2) is 8.66. The average molecular weight is 354 g/mol. The first kappa shape index (κ1) is 16.7. The zero-order valence-corrected chi connectivity index (χ0v) is 14.8. The van der Waals surface area contributed by atoms with Crippen molar-refractivity contribution in [1.82, 2.24) is 4.98 Å². The van der Waals surface area contributed by atoms with Crippen molar-refractivity contribution in [2.24, 2.45) is 0 Å². The minimum Gasteiger partial charge on any atom is -0.302 e. The Hall–Kier alpha value is -2.11. The molecule has 0 saturated heterocycles. The molecule has 3 nitrogen and oxygen atoms in total. The number of amides is 1. The predicted octanol–water partition coefficient (Wildman–Crippen LogP) is 5.01. The van der Waals surface area contributed by atoms with Gasteiger partial charge in [-0.05, 0) is 24.1 Å². The molecule has 1 N–H and O–H groups in total. The number of rotatable bonds is 7. The van der Waals surface area contributed by atoms with Gasteiger partial charge in [-0.25, -0.2) is 4.98 Å². The summed E-state index contributed by atoms with van der Waals surface area (Å²) in [6, 6.07) is 20.3. The fourth-order valence-electron chi connectivity index (χ4n) is 2.19. The topological polar surface area (TPSA) is 42.0 Å². The van der Waals surface area contributed by atoms with Gasteiger partial charge in [-0.2, -0.15) is 0 Å². The molecule has 122 valence electrons. The number of hydrogen-bond donors (Lipinski definition) is 1. The van der Waals surface area contributed by atoms with Gasteiger partial charge in [0.05, 0.1) is 5.69 Å². The number of aromatic nitrogens is 1.